The van der Waals surface area contributed by atoms with Crippen LogP contribution in [-0.4, -0.2) is 42.0 Å². The molecule has 2 amide bonds. The third-order valence-electron chi connectivity index (χ3n) is 7.93. The number of nitrogens with one attached hydrogen (secondary N) is 1. The van der Waals surface area contributed by atoms with Crippen molar-refractivity contribution in [1.82, 2.24) is 10.2 Å². The van der Waals surface area contributed by atoms with Crippen LogP contribution < -0.4 is 14.8 Å². The topological polar surface area (TPSA) is 67.9 Å². The number of hydrogen-bond acceptors (Lipinski definition) is 4. The van der Waals surface area contributed by atoms with Gasteiger partial charge < -0.3 is 19.7 Å². The van der Waals surface area contributed by atoms with E-state index in [9.17, 15) is 9.59 Å². The van der Waals surface area contributed by atoms with Crippen LogP contribution in [0.5, 0.6) is 11.5 Å². The summed E-state index contributed by atoms with van der Waals surface area (Å²) in [7, 11) is 0. The Balaban J connectivity index is 1.59. The van der Waals surface area contributed by atoms with Crippen molar-refractivity contribution in [3.8, 4) is 11.5 Å². The highest BCUT2D eigenvalue weighted by Crippen LogP contribution is 2.29. The van der Waals surface area contributed by atoms with Gasteiger partial charge in [0.05, 0.1) is 13.2 Å². The Hall–Kier alpha value is -3.80. The van der Waals surface area contributed by atoms with Crippen molar-refractivity contribution < 1.29 is 19.1 Å². The summed E-state index contributed by atoms with van der Waals surface area (Å²) >= 11 is 0. The van der Waals surface area contributed by atoms with Gasteiger partial charge in [-0.25, -0.2) is 0 Å². The molecule has 6 nitrogen and oxygen atoms in total. The molecule has 0 unspecified atom stereocenters. The maximum absolute atomic E-state index is 14.1. The molecule has 0 aromatic heterocycles. The van der Waals surface area contributed by atoms with Gasteiger partial charge in [0.25, 0.3) is 0 Å². The van der Waals surface area contributed by atoms with E-state index in [1.165, 1.54) is 6.42 Å². The van der Waals surface area contributed by atoms with Crippen molar-refractivity contribution >= 4 is 11.8 Å². The molecular weight excluding hydrogens is 524 g/mol. The second-order valence-electron chi connectivity index (χ2n) is 11.2. The zero-order chi connectivity index (χ0) is 29.7. The first-order chi connectivity index (χ1) is 20.5. The summed E-state index contributed by atoms with van der Waals surface area (Å²) in [5.41, 5.74) is 4.21. The monoisotopic (exact) mass is 570 g/mol. The molecule has 1 aliphatic carbocycles. The summed E-state index contributed by atoms with van der Waals surface area (Å²) in [5, 5.41) is 3.32. The summed E-state index contributed by atoms with van der Waals surface area (Å²) in [4.78, 5) is 29.8. The van der Waals surface area contributed by atoms with Gasteiger partial charge in [-0.2, -0.15) is 0 Å². The molecule has 3 aromatic rings. The summed E-state index contributed by atoms with van der Waals surface area (Å²) < 4.78 is 11.5. The Kier molecular flexibility index (Phi) is 11.9. The van der Waals surface area contributed by atoms with E-state index in [2.05, 4.69) is 36.5 Å². The number of ether oxygens (including phenoxy) is 2. The molecule has 0 radical (unpaired) electrons. The third kappa shape index (κ3) is 9.10. The molecule has 1 aliphatic rings. The van der Waals surface area contributed by atoms with Gasteiger partial charge in [-0.1, -0.05) is 85.5 Å². The van der Waals surface area contributed by atoms with E-state index in [1.807, 2.05) is 62.4 Å². The molecule has 0 aliphatic heterocycles. The van der Waals surface area contributed by atoms with Crippen molar-refractivity contribution in [1.29, 1.82) is 0 Å². The van der Waals surface area contributed by atoms with Crippen LogP contribution in [0.15, 0.2) is 72.8 Å². The fourth-order valence-corrected chi connectivity index (χ4v) is 5.63. The van der Waals surface area contributed by atoms with Gasteiger partial charge in [0.2, 0.25) is 11.8 Å². The molecule has 224 valence electrons. The number of rotatable bonds is 14. The largest absolute Gasteiger partial charge is 0.490 e. The van der Waals surface area contributed by atoms with E-state index in [-0.39, 0.29) is 24.3 Å². The Bertz CT molecular complexity index is 1270. The Morgan fingerprint density at radius 2 is 1.50 bits per heavy atom. The lowest BCUT2D eigenvalue weighted by Crippen LogP contribution is -2.52. The predicted molar refractivity (Wildman–Crippen MR) is 168 cm³/mol. The maximum Gasteiger partial charge on any atom is 0.243 e. The molecule has 1 saturated carbocycles. The van der Waals surface area contributed by atoms with Gasteiger partial charge in [0.1, 0.15) is 6.04 Å². The van der Waals surface area contributed by atoms with Gasteiger partial charge in [0, 0.05) is 25.4 Å². The van der Waals surface area contributed by atoms with Crippen molar-refractivity contribution in [2.24, 2.45) is 0 Å². The molecule has 42 heavy (non-hydrogen) atoms. The molecule has 1 atom stereocenters. The van der Waals surface area contributed by atoms with Crippen LogP contribution in [0.2, 0.25) is 0 Å². The van der Waals surface area contributed by atoms with E-state index in [0.717, 1.165) is 47.9 Å². The molecule has 0 bridgehead atoms. The number of hydrogen-bond donors (Lipinski definition) is 1. The molecule has 6 heteroatoms. The van der Waals surface area contributed by atoms with E-state index < -0.39 is 6.04 Å². The lowest BCUT2D eigenvalue weighted by Gasteiger charge is -2.33. The van der Waals surface area contributed by atoms with Crippen LogP contribution in [0.1, 0.15) is 74.6 Å². The van der Waals surface area contributed by atoms with E-state index in [1.54, 1.807) is 4.90 Å². The van der Waals surface area contributed by atoms with Gasteiger partial charge >= 0.3 is 0 Å². The number of aryl methyl sites for hydroxylation is 2. The molecular formula is C36H46N2O4. The van der Waals surface area contributed by atoms with Crippen molar-refractivity contribution in [3.05, 3.63) is 95.1 Å². The number of nitrogens with zero attached hydrogens (tertiary/aromatic N) is 1. The van der Waals surface area contributed by atoms with Crippen LogP contribution in [0.25, 0.3) is 0 Å². The van der Waals surface area contributed by atoms with E-state index in [0.29, 0.717) is 44.1 Å². The zero-order valence-electron chi connectivity index (χ0n) is 25.4. The molecule has 1 N–H and O–H groups in total. The minimum absolute atomic E-state index is 0.0397. The maximum atomic E-state index is 14.1. The Morgan fingerprint density at radius 3 is 2.19 bits per heavy atom. The smallest absolute Gasteiger partial charge is 0.243 e. The lowest BCUT2D eigenvalue weighted by molar-refractivity contribution is -0.141. The van der Waals surface area contributed by atoms with Crippen LogP contribution in [-0.2, 0) is 29.0 Å². The van der Waals surface area contributed by atoms with Crippen molar-refractivity contribution in [2.75, 3.05) is 13.2 Å². The average molecular weight is 571 g/mol. The van der Waals surface area contributed by atoms with Crippen molar-refractivity contribution in [2.45, 2.75) is 90.8 Å². The molecule has 3 aromatic carbocycles. The summed E-state index contributed by atoms with van der Waals surface area (Å²) in [5.74, 6) is 1.29. The van der Waals surface area contributed by atoms with Gasteiger partial charge in [0.15, 0.2) is 11.5 Å². The van der Waals surface area contributed by atoms with E-state index >= 15 is 0 Å². The van der Waals surface area contributed by atoms with Gasteiger partial charge in [-0.15, -0.1) is 0 Å². The second-order valence-corrected chi connectivity index (χ2v) is 11.2. The fourth-order valence-electron chi connectivity index (χ4n) is 5.63. The minimum atomic E-state index is -0.609. The first kappa shape index (κ1) is 31.1. The summed E-state index contributed by atoms with van der Waals surface area (Å²) in [6.45, 7) is 7.40. The fraction of sp³-hybridized carbons (Fsp3) is 0.444. The van der Waals surface area contributed by atoms with E-state index in [4.69, 9.17) is 9.47 Å². The van der Waals surface area contributed by atoms with Crippen LogP contribution >= 0.6 is 0 Å². The summed E-state index contributed by atoms with van der Waals surface area (Å²) in [6.07, 6.45) is 6.76. The highest BCUT2D eigenvalue weighted by atomic mass is 16.5. The number of benzene rings is 3. The Labute approximate surface area is 251 Å². The first-order valence-corrected chi connectivity index (χ1v) is 15.5. The molecule has 0 spiro atoms. The van der Waals surface area contributed by atoms with Gasteiger partial charge in [-0.05, 0) is 68.9 Å². The highest BCUT2D eigenvalue weighted by Gasteiger charge is 2.31. The Morgan fingerprint density at radius 1 is 0.833 bits per heavy atom. The second kappa shape index (κ2) is 16.0. The predicted octanol–water partition coefficient (Wildman–Crippen LogP) is 6.81. The first-order valence-electron chi connectivity index (χ1n) is 15.5. The minimum Gasteiger partial charge on any atom is -0.490 e. The quantitative estimate of drug-likeness (QED) is 0.231. The molecule has 0 saturated heterocycles. The highest BCUT2D eigenvalue weighted by molar-refractivity contribution is 5.88. The molecule has 4 rings (SSSR count). The third-order valence-corrected chi connectivity index (χ3v) is 7.93. The van der Waals surface area contributed by atoms with Crippen LogP contribution in [0.4, 0.5) is 0 Å². The van der Waals surface area contributed by atoms with Crippen LogP contribution in [0, 0.1) is 6.92 Å². The van der Waals surface area contributed by atoms with Crippen molar-refractivity contribution in [3.63, 3.8) is 0 Å². The molecule has 1 fully saturated rings. The SMILES string of the molecule is CCOc1ccc(CCC(=O)N(Cc2ccc(C)cc2)[C@@H](Cc2ccccc2)C(=O)NC2CCCCC2)cc1OCC. The number of amides is 2. The zero-order valence-corrected chi connectivity index (χ0v) is 25.4. The standard InChI is InChI=1S/C36H46N2O4/c1-4-41-33-22-20-29(25-34(33)42-5-2)21-23-35(39)38(26-30-18-16-27(3)17-19-30)32(24-28-12-8-6-9-13-28)36(40)37-31-14-10-7-11-15-31/h6,8-9,12-13,16-20,22,25,31-32H,4-5,7,10-11,14-15,21,23-24,26H2,1-3H3,(H,37,40)/t32-/m0/s1. The normalized spacial score (nSPS) is 14.2. The number of carbonyl (C=O) groups excluding carboxylic acids is 2. The summed E-state index contributed by atoms with van der Waals surface area (Å²) in [6, 6.07) is 23.6. The average Bonchev–Trinajstić information content (AvgIpc) is 3.01. The van der Waals surface area contributed by atoms with Crippen LogP contribution in [0.3, 0.4) is 0 Å². The van der Waals surface area contributed by atoms with Gasteiger partial charge in [-0.3, -0.25) is 9.59 Å². The molecule has 0 heterocycles. The lowest BCUT2D eigenvalue weighted by atomic mass is 9.94. The number of carbonyl (C=O) groups is 2.